The molecule has 0 saturated carbocycles. The minimum Gasteiger partial charge on any atom is -0.338 e. The van der Waals surface area contributed by atoms with Crippen molar-refractivity contribution in [3.05, 3.63) is 71.8 Å². The number of benzene rings is 1. The van der Waals surface area contributed by atoms with Crippen molar-refractivity contribution in [1.82, 2.24) is 9.88 Å². The molecule has 0 fully saturated rings. The first-order chi connectivity index (χ1) is 10.7. The maximum Gasteiger partial charge on any atom is 0.227 e. The van der Waals surface area contributed by atoms with Gasteiger partial charge in [-0.1, -0.05) is 24.3 Å². The van der Waals surface area contributed by atoms with Crippen molar-refractivity contribution in [3.63, 3.8) is 0 Å². The van der Waals surface area contributed by atoms with E-state index in [9.17, 15) is 9.18 Å². The largest absolute Gasteiger partial charge is 0.338 e. The van der Waals surface area contributed by atoms with Crippen LogP contribution in [0.3, 0.4) is 0 Å². The highest BCUT2D eigenvalue weighted by Gasteiger charge is 2.18. The predicted octanol–water partition coefficient (Wildman–Crippen LogP) is 3.08. The molecule has 0 bridgehead atoms. The lowest BCUT2D eigenvalue weighted by Crippen LogP contribution is -2.35. The molecule has 0 spiro atoms. The first-order valence-corrected chi connectivity index (χ1v) is 7.35. The van der Waals surface area contributed by atoms with E-state index < -0.39 is 0 Å². The van der Waals surface area contributed by atoms with Gasteiger partial charge in [-0.25, -0.2) is 4.39 Å². The molecule has 0 radical (unpaired) electrons. The molecule has 0 unspecified atom stereocenters. The van der Waals surface area contributed by atoms with Gasteiger partial charge in [-0.15, -0.1) is 0 Å². The third kappa shape index (κ3) is 3.39. The summed E-state index contributed by atoms with van der Waals surface area (Å²) in [5.41, 5.74) is 3.01. The molecule has 1 aromatic heterocycles. The number of hydrogen-bond donors (Lipinski definition) is 0. The van der Waals surface area contributed by atoms with Gasteiger partial charge < -0.3 is 4.90 Å². The molecule has 0 saturated heterocycles. The molecule has 112 valence electrons. The van der Waals surface area contributed by atoms with Gasteiger partial charge in [-0.3, -0.25) is 9.78 Å². The Kier molecular flexibility index (Phi) is 4.28. The Morgan fingerprint density at radius 2 is 2.00 bits per heavy atom. The van der Waals surface area contributed by atoms with E-state index in [-0.39, 0.29) is 11.7 Å². The van der Waals surface area contributed by atoms with E-state index in [1.165, 1.54) is 17.7 Å². The Morgan fingerprint density at radius 3 is 2.64 bits per heavy atom. The summed E-state index contributed by atoms with van der Waals surface area (Å²) in [6.45, 7) is 1.30. The summed E-state index contributed by atoms with van der Waals surface area (Å²) in [5.74, 6) is -0.208. The van der Waals surface area contributed by atoms with E-state index in [2.05, 4.69) is 11.1 Å². The molecule has 22 heavy (non-hydrogen) atoms. The van der Waals surface area contributed by atoms with E-state index >= 15 is 0 Å². The number of rotatable bonds is 3. The van der Waals surface area contributed by atoms with Gasteiger partial charge >= 0.3 is 0 Å². The summed E-state index contributed by atoms with van der Waals surface area (Å²) in [6, 6.07) is 11.9. The second-order valence-electron chi connectivity index (χ2n) is 5.34. The zero-order valence-corrected chi connectivity index (χ0v) is 12.2. The highest BCUT2D eigenvalue weighted by molar-refractivity contribution is 5.80. The molecule has 1 aliphatic rings. The Morgan fingerprint density at radius 1 is 1.18 bits per heavy atom. The van der Waals surface area contributed by atoms with Crippen molar-refractivity contribution in [1.29, 1.82) is 0 Å². The van der Waals surface area contributed by atoms with Crippen molar-refractivity contribution in [2.24, 2.45) is 0 Å². The van der Waals surface area contributed by atoms with E-state index in [0.29, 0.717) is 19.5 Å². The molecule has 0 atom stereocenters. The molecule has 3 nitrogen and oxygen atoms in total. The van der Waals surface area contributed by atoms with E-state index in [1.807, 2.05) is 23.1 Å². The number of amides is 1. The Labute approximate surface area is 129 Å². The number of pyridine rings is 1. The summed E-state index contributed by atoms with van der Waals surface area (Å²) in [7, 11) is 0. The molecule has 4 heteroatoms. The molecule has 1 aromatic carbocycles. The molecule has 0 aliphatic carbocycles. The summed E-state index contributed by atoms with van der Waals surface area (Å²) in [6.07, 6.45) is 4.97. The minimum atomic E-state index is -0.280. The van der Waals surface area contributed by atoms with E-state index in [1.54, 1.807) is 18.3 Å². The van der Waals surface area contributed by atoms with E-state index in [0.717, 1.165) is 17.7 Å². The number of carbonyl (C=O) groups excluding carboxylic acids is 1. The lowest BCUT2D eigenvalue weighted by molar-refractivity contribution is -0.130. The normalized spacial score (nSPS) is 14.6. The highest BCUT2D eigenvalue weighted by Crippen LogP contribution is 2.20. The van der Waals surface area contributed by atoms with Gasteiger partial charge in [0.25, 0.3) is 0 Å². The second-order valence-corrected chi connectivity index (χ2v) is 5.34. The highest BCUT2D eigenvalue weighted by atomic mass is 19.1. The van der Waals surface area contributed by atoms with Gasteiger partial charge in [-0.05, 0) is 41.8 Å². The van der Waals surface area contributed by atoms with Gasteiger partial charge in [0.2, 0.25) is 5.91 Å². The van der Waals surface area contributed by atoms with E-state index in [4.69, 9.17) is 0 Å². The lowest BCUT2D eigenvalue weighted by atomic mass is 10.0. The fraction of sp³-hybridized carbons (Fsp3) is 0.222. The molecular weight excluding hydrogens is 279 g/mol. The molecular formula is C18H17FN2O. The fourth-order valence-electron chi connectivity index (χ4n) is 2.57. The third-order valence-corrected chi connectivity index (χ3v) is 3.82. The summed E-state index contributed by atoms with van der Waals surface area (Å²) in [4.78, 5) is 18.5. The van der Waals surface area contributed by atoms with Gasteiger partial charge in [0.05, 0.1) is 12.1 Å². The zero-order valence-electron chi connectivity index (χ0n) is 12.2. The van der Waals surface area contributed by atoms with Crippen LogP contribution in [0.25, 0.3) is 5.57 Å². The van der Waals surface area contributed by atoms with Gasteiger partial charge in [0, 0.05) is 19.3 Å². The number of nitrogens with zero attached hydrogens (tertiary/aromatic N) is 2. The molecule has 1 amide bonds. The molecule has 1 aliphatic heterocycles. The zero-order chi connectivity index (χ0) is 15.4. The second kappa shape index (κ2) is 6.52. The molecule has 2 heterocycles. The van der Waals surface area contributed by atoms with Crippen LogP contribution >= 0.6 is 0 Å². The molecule has 0 N–H and O–H groups in total. The topological polar surface area (TPSA) is 33.2 Å². The number of hydrogen-bond acceptors (Lipinski definition) is 2. The fourth-order valence-corrected chi connectivity index (χ4v) is 2.57. The average molecular weight is 296 g/mol. The summed E-state index contributed by atoms with van der Waals surface area (Å²) < 4.78 is 12.9. The van der Waals surface area contributed by atoms with Crippen LogP contribution in [0.5, 0.6) is 0 Å². The Bertz CT molecular complexity index is 680. The summed E-state index contributed by atoms with van der Waals surface area (Å²) >= 11 is 0. The van der Waals surface area contributed by atoms with Crippen LogP contribution in [-0.2, 0) is 11.2 Å². The van der Waals surface area contributed by atoms with Crippen molar-refractivity contribution in [3.8, 4) is 0 Å². The SMILES string of the molecule is O=C(Cc1ccc(F)cc1)N1CC=C(c2ccccn2)CC1. The Hall–Kier alpha value is -2.49. The average Bonchev–Trinajstić information content (AvgIpc) is 2.58. The standard InChI is InChI=1S/C18H17FN2O/c19-16-6-4-14(5-7-16)13-18(22)21-11-8-15(9-12-21)17-3-1-2-10-20-17/h1-8,10H,9,11-13H2. The van der Waals surface area contributed by atoms with Crippen LogP contribution in [0, 0.1) is 5.82 Å². The molecule has 3 rings (SSSR count). The number of aromatic nitrogens is 1. The first kappa shape index (κ1) is 14.4. The van der Waals surface area contributed by atoms with Crippen molar-refractivity contribution < 1.29 is 9.18 Å². The van der Waals surface area contributed by atoms with Crippen LogP contribution in [0.4, 0.5) is 4.39 Å². The quantitative estimate of drug-likeness (QED) is 0.872. The minimum absolute atomic E-state index is 0.0722. The predicted molar refractivity (Wildman–Crippen MR) is 83.5 cm³/mol. The number of carbonyl (C=O) groups is 1. The van der Waals surface area contributed by atoms with Crippen LogP contribution in [-0.4, -0.2) is 28.9 Å². The Balaban J connectivity index is 1.62. The molecule has 2 aromatic rings. The van der Waals surface area contributed by atoms with Gasteiger partial charge in [0.1, 0.15) is 5.82 Å². The maximum absolute atomic E-state index is 12.9. The van der Waals surface area contributed by atoms with Gasteiger partial charge in [-0.2, -0.15) is 0 Å². The lowest BCUT2D eigenvalue weighted by Gasteiger charge is -2.26. The summed E-state index contributed by atoms with van der Waals surface area (Å²) in [5, 5.41) is 0. The maximum atomic E-state index is 12.9. The van der Waals surface area contributed by atoms with Crippen molar-refractivity contribution in [2.75, 3.05) is 13.1 Å². The van der Waals surface area contributed by atoms with Crippen molar-refractivity contribution in [2.45, 2.75) is 12.8 Å². The first-order valence-electron chi connectivity index (χ1n) is 7.35. The van der Waals surface area contributed by atoms with Crippen molar-refractivity contribution >= 4 is 11.5 Å². The smallest absolute Gasteiger partial charge is 0.227 e. The number of halogens is 1. The monoisotopic (exact) mass is 296 g/mol. The van der Waals surface area contributed by atoms with Gasteiger partial charge in [0.15, 0.2) is 0 Å². The van der Waals surface area contributed by atoms with Crippen LogP contribution in [0.1, 0.15) is 17.7 Å². The third-order valence-electron chi connectivity index (χ3n) is 3.82. The van der Waals surface area contributed by atoms with Crippen LogP contribution < -0.4 is 0 Å². The van der Waals surface area contributed by atoms with Crippen LogP contribution in [0.2, 0.25) is 0 Å². The van der Waals surface area contributed by atoms with Crippen LogP contribution in [0.15, 0.2) is 54.7 Å².